The molecule has 2 rings (SSSR count). The third-order valence-electron chi connectivity index (χ3n) is 3.87. The fraction of sp³-hybridized carbons (Fsp3) is 0.625. The normalized spacial score (nSPS) is 19.8. The Hall–Kier alpha value is -1.02. The number of para-hydroxylation sites is 1. The highest BCUT2D eigenvalue weighted by molar-refractivity contribution is 5.55. The van der Waals surface area contributed by atoms with E-state index in [-0.39, 0.29) is 0 Å². The highest BCUT2D eigenvalue weighted by Gasteiger charge is 2.23. The molecule has 1 aliphatic heterocycles. The molecule has 1 aromatic carbocycles. The summed E-state index contributed by atoms with van der Waals surface area (Å²) in [5, 5.41) is 3.47. The lowest BCUT2D eigenvalue weighted by molar-refractivity contribution is 0.527. The lowest BCUT2D eigenvalue weighted by Gasteiger charge is -2.23. The Morgan fingerprint density at radius 2 is 2.11 bits per heavy atom. The van der Waals surface area contributed by atoms with Gasteiger partial charge in [-0.2, -0.15) is 0 Å². The molecule has 2 nitrogen and oxygen atoms in total. The van der Waals surface area contributed by atoms with Gasteiger partial charge in [-0.15, -0.1) is 0 Å². The van der Waals surface area contributed by atoms with Crippen molar-refractivity contribution in [3.8, 4) is 0 Å². The Labute approximate surface area is 111 Å². The summed E-state index contributed by atoms with van der Waals surface area (Å²) in [6.45, 7) is 11.4. The maximum absolute atomic E-state index is 3.47. The summed E-state index contributed by atoms with van der Waals surface area (Å²) in [6, 6.07) is 8.88. The Balaban J connectivity index is 2.05. The van der Waals surface area contributed by atoms with Crippen molar-refractivity contribution in [2.45, 2.75) is 33.1 Å². The Morgan fingerprint density at radius 1 is 1.33 bits per heavy atom. The SMILES string of the molecule is CCNCC1CCN(c2ccccc2C(C)C)C1. The first kappa shape index (κ1) is 13.4. The molecule has 1 atom stereocenters. The van der Waals surface area contributed by atoms with Crippen molar-refractivity contribution in [1.82, 2.24) is 5.32 Å². The molecule has 2 heteroatoms. The molecule has 0 radical (unpaired) electrons. The van der Waals surface area contributed by atoms with Crippen LogP contribution in [0.2, 0.25) is 0 Å². The number of benzene rings is 1. The van der Waals surface area contributed by atoms with Crippen LogP contribution >= 0.6 is 0 Å². The van der Waals surface area contributed by atoms with Crippen molar-refractivity contribution in [1.29, 1.82) is 0 Å². The molecule has 1 heterocycles. The van der Waals surface area contributed by atoms with Crippen LogP contribution in [-0.2, 0) is 0 Å². The van der Waals surface area contributed by atoms with Crippen LogP contribution in [0.4, 0.5) is 5.69 Å². The Kier molecular flexibility index (Phi) is 4.65. The van der Waals surface area contributed by atoms with Crippen LogP contribution in [0.1, 0.15) is 38.7 Å². The smallest absolute Gasteiger partial charge is 0.0401 e. The molecule has 1 unspecified atom stereocenters. The zero-order valence-electron chi connectivity index (χ0n) is 11.9. The van der Waals surface area contributed by atoms with E-state index in [0.29, 0.717) is 5.92 Å². The van der Waals surface area contributed by atoms with E-state index in [1.54, 1.807) is 0 Å². The first-order chi connectivity index (χ1) is 8.72. The van der Waals surface area contributed by atoms with Crippen LogP contribution in [0.15, 0.2) is 24.3 Å². The third-order valence-corrected chi connectivity index (χ3v) is 3.87. The number of hydrogen-bond acceptors (Lipinski definition) is 2. The van der Waals surface area contributed by atoms with Gasteiger partial charge in [-0.1, -0.05) is 39.0 Å². The van der Waals surface area contributed by atoms with Crippen molar-refractivity contribution in [2.75, 3.05) is 31.1 Å². The molecule has 0 amide bonds. The monoisotopic (exact) mass is 246 g/mol. The van der Waals surface area contributed by atoms with Gasteiger partial charge in [-0.25, -0.2) is 0 Å². The summed E-state index contributed by atoms with van der Waals surface area (Å²) < 4.78 is 0. The summed E-state index contributed by atoms with van der Waals surface area (Å²) in [5.74, 6) is 1.42. The van der Waals surface area contributed by atoms with Gasteiger partial charge < -0.3 is 10.2 Å². The number of hydrogen-bond donors (Lipinski definition) is 1. The molecule has 100 valence electrons. The van der Waals surface area contributed by atoms with Gasteiger partial charge >= 0.3 is 0 Å². The second kappa shape index (κ2) is 6.24. The fourth-order valence-corrected chi connectivity index (χ4v) is 2.83. The summed E-state index contributed by atoms with van der Waals surface area (Å²) in [5.41, 5.74) is 2.94. The second-order valence-electron chi connectivity index (χ2n) is 5.62. The number of nitrogens with zero attached hydrogens (tertiary/aromatic N) is 1. The summed E-state index contributed by atoms with van der Waals surface area (Å²) >= 11 is 0. The molecule has 18 heavy (non-hydrogen) atoms. The second-order valence-corrected chi connectivity index (χ2v) is 5.62. The van der Waals surface area contributed by atoms with E-state index in [1.807, 2.05) is 0 Å². The minimum Gasteiger partial charge on any atom is -0.371 e. The largest absolute Gasteiger partial charge is 0.371 e. The minimum atomic E-state index is 0.606. The van der Waals surface area contributed by atoms with Crippen LogP contribution in [0.3, 0.4) is 0 Å². The van der Waals surface area contributed by atoms with E-state index in [4.69, 9.17) is 0 Å². The van der Waals surface area contributed by atoms with Gasteiger partial charge in [0, 0.05) is 18.8 Å². The first-order valence-corrected chi connectivity index (χ1v) is 7.27. The Morgan fingerprint density at radius 3 is 2.83 bits per heavy atom. The summed E-state index contributed by atoms with van der Waals surface area (Å²) in [4.78, 5) is 2.57. The molecule has 0 aromatic heterocycles. The summed E-state index contributed by atoms with van der Waals surface area (Å²) in [6.07, 6.45) is 1.32. The first-order valence-electron chi connectivity index (χ1n) is 7.27. The van der Waals surface area contributed by atoms with Crippen LogP contribution in [0.5, 0.6) is 0 Å². The standard InChI is InChI=1S/C16H26N2/c1-4-17-11-14-9-10-18(12-14)16-8-6-5-7-15(16)13(2)3/h5-8,13-14,17H,4,9-12H2,1-3H3. The molecule has 1 fully saturated rings. The topological polar surface area (TPSA) is 15.3 Å². The molecule has 1 N–H and O–H groups in total. The van der Waals surface area contributed by atoms with Crippen molar-refractivity contribution in [3.63, 3.8) is 0 Å². The molecule has 1 aliphatic rings. The van der Waals surface area contributed by atoms with Gasteiger partial charge in [0.25, 0.3) is 0 Å². The number of anilines is 1. The van der Waals surface area contributed by atoms with Gasteiger partial charge in [0.2, 0.25) is 0 Å². The zero-order chi connectivity index (χ0) is 13.0. The molecular weight excluding hydrogens is 220 g/mol. The highest BCUT2D eigenvalue weighted by atomic mass is 15.2. The van der Waals surface area contributed by atoms with Gasteiger partial charge in [0.05, 0.1) is 0 Å². The lowest BCUT2D eigenvalue weighted by Crippen LogP contribution is -2.26. The van der Waals surface area contributed by atoms with E-state index in [2.05, 4.69) is 55.3 Å². The van der Waals surface area contributed by atoms with Crippen molar-refractivity contribution in [3.05, 3.63) is 29.8 Å². The molecular formula is C16H26N2. The van der Waals surface area contributed by atoms with Gasteiger partial charge in [0.15, 0.2) is 0 Å². The average molecular weight is 246 g/mol. The quantitative estimate of drug-likeness (QED) is 0.858. The maximum atomic E-state index is 3.47. The third kappa shape index (κ3) is 3.05. The fourth-order valence-electron chi connectivity index (χ4n) is 2.83. The van der Waals surface area contributed by atoms with Crippen LogP contribution in [0.25, 0.3) is 0 Å². The van der Waals surface area contributed by atoms with Gasteiger partial charge in [-0.05, 0) is 43.0 Å². The van der Waals surface area contributed by atoms with E-state index in [0.717, 1.165) is 19.0 Å². The highest BCUT2D eigenvalue weighted by Crippen LogP contribution is 2.31. The lowest BCUT2D eigenvalue weighted by atomic mass is 10.0. The number of rotatable bonds is 5. The van der Waals surface area contributed by atoms with Crippen molar-refractivity contribution in [2.24, 2.45) is 5.92 Å². The van der Waals surface area contributed by atoms with E-state index >= 15 is 0 Å². The number of nitrogens with one attached hydrogen (secondary N) is 1. The van der Waals surface area contributed by atoms with E-state index < -0.39 is 0 Å². The molecule has 0 saturated carbocycles. The maximum Gasteiger partial charge on any atom is 0.0401 e. The van der Waals surface area contributed by atoms with Crippen molar-refractivity contribution >= 4 is 5.69 Å². The van der Waals surface area contributed by atoms with E-state index in [1.165, 1.54) is 30.8 Å². The van der Waals surface area contributed by atoms with Gasteiger partial charge in [-0.3, -0.25) is 0 Å². The van der Waals surface area contributed by atoms with E-state index in [9.17, 15) is 0 Å². The average Bonchev–Trinajstić information content (AvgIpc) is 2.85. The summed E-state index contributed by atoms with van der Waals surface area (Å²) in [7, 11) is 0. The Bertz CT molecular complexity index is 373. The van der Waals surface area contributed by atoms with Crippen LogP contribution in [-0.4, -0.2) is 26.2 Å². The predicted octanol–water partition coefficient (Wildman–Crippen LogP) is 3.25. The van der Waals surface area contributed by atoms with Crippen LogP contribution in [0, 0.1) is 5.92 Å². The zero-order valence-corrected chi connectivity index (χ0v) is 11.9. The molecule has 0 aliphatic carbocycles. The van der Waals surface area contributed by atoms with Gasteiger partial charge in [0.1, 0.15) is 0 Å². The molecule has 1 aromatic rings. The minimum absolute atomic E-state index is 0.606. The molecule has 0 spiro atoms. The molecule has 0 bridgehead atoms. The van der Waals surface area contributed by atoms with Crippen LogP contribution < -0.4 is 10.2 Å². The molecule has 1 saturated heterocycles. The predicted molar refractivity (Wildman–Crippen MR) is 79.4 cm³/mol. The van der Waals surface area contributed by atoms with Crippen molar-refractivity contribution < 1.29 is 0 Å².